The van der Waals surface area contributed by atoms with Crippen LogP contribution in [0.2, 0.25) is 0 Å². The van der Waals surface area contributed by atoms with E-state index in [-0.39, 0.29) is 5.54 Å². The number of hydrogen-bond acceptors (Lipinski definition) is 2. The van der Waals surface area contributed by atoms with E-state index in [2.05, 4.69) is 67.3 Å². The molecule has 0 saturated heterocycles. The molecule has 0 aliphatic rings. The normalized spacial score (nSPS) is 15.9. The molecule has 0 fully saturated rings. The van der Waals surface area contributed by atoms with Crippen LogP contribution in [0.1, 0.15) is 39.5 Å². The SMILES string of the molecule is CC(CNC(C)(C)C)C(C)Cc1sccc1Br. The van der Waals surface area contributed by atoms with Gasteiger partial charge in [0.2, 0.25) is 0 Å². The summed E-state index contributed by atoms with van der Waals surface area (Å²) in [4.78, 5) is 1.47. The molecule has 3 heteroatoms. The molecule has 1 rings (SSSR count). The van der Waals surface area contributed by atoms with Crippen molar-refractivity contribution < 1.29 is 0 Å². The minimum Gasteiger partial charge on any atom is -0.312 e. The zero-order chi connectivity index (χ0) is 13.1. The first-order valence-electron chi connectivity index (χ1n) is 6.26. The fraction of sp³-hybridized carbons (Fsp3) is 0.714. The average Bonchev–Trinajstić information content (AvgIpc) is 2.59. The molecule has 0 saturated carbocycles. The summed E-state index contributed by atoms with van der Waals surface area (Å²) >= 11 is 5.46. The highest BCUT2D eigenvalue weighted by molar-refractivity contribution is 9.10. The van der Waals surface area contributed by atoms with Gasteiger partial charge in [-0.15, -0.1) is 11.3 Å². The topological polar surface area (TPSA) is 12.0 Å². The lowest BCUT2D eigenvalue weighted by Crippen LogP contribution is -2.40. The van der Waals surface area contributed by atoms with E-state index >= 15 is 0 Å². The largest absolute Gasteiger partial charge is 0.312 e. The van der Waals surface area contributed by atoms with Gasteiger partial charge in [0.1, 0.15) is 0 Å². The Morgan fingerprint density at radius 2 is 1.94 bits per heavy atom. The summed E-state index contributed by atoms with van der Waals surface area (Å²) in [6.45, 7) is 12.4. The second-order valence-electron chi connectivity index (χ2n) is 5.98. The van der Waals surface area contributed by atoms with Gasteiger partial charge in [-0.25, -0.2) is 0 Å². The summed E-state index contributed by atoms with van der Waals surface area (Å²) in [6.07, 6.45) is 1.17. The Kier molecular flexibility index (Phi) is 5.68. The van der Waals surface area contributed by atoms with E-state index in [4.69, 9.17) is 0 Å². The third kappa shape index (κ3) is 5.54. The maximum atomic E-state index is 3.61. The smallest absolute Gasteiger partial charge is 0.0314 e. The third-order valence-corrected chi connectivity index (χ3v) is 5.07. The van der Waals surface area contributed by atoms with Gasteiger partial charge in [0.05, 0.1) is 0 Å². The highest BCUT2D eigenvalue weighted by atomic mass is 79.9. The second kappa shape index (κ2) is 6.35. The summed E-state index contributed by atoms with van der Waals surface area (Å²) in [5.74, 6) is 1.41. The van der Waals surface area contributed by atoms with E-state index in [9.17, 15) is 0 Å². The van der Waals surface area contributed by atoms with Crippen LogP contribution in [0.25, 0.3) is 0 Å². The number of nitrogens with one attached hydrogen (secondary N) is 1. The van der Waals surface area contributed by atoms with Crippen molar-refractivity contribution in [3.63, 3.8) is 0 Å². The lowest BCUT2D eigenvalue weighted by atomic mass is 9.91. The average molecular weight is 318 g/mol. The maximum Gasteiger partial charge on any atom is 0.0314 e. The van der Waals surface area contributed by atoms with Crippen LogP contribution in [0, 0.1) is 11.8 Å². The van der Waals surface area contributed by atoms with E-state index in [1.54, 1.807) is 0 Å². The third-order valence-electron chi connectivity index (χ3n) is 3.12. The molecule has 1 aromatic rings. The Balaban J connectivity index is 2.42. The predicted octanol–water partition coefficient (Wildman–Crippen LogP) is 4.71. The van der Waals surface area contributed by atoms with E-state index in [1.807, 2.05) is 11.3 Å². The van der Waals surface area contributed by atoms with Gasteiger partial charge in [0.15, 0.2) is 0 Å². The van der Waals surface area contributed by atoms with Crippen molar-refractivity contribution in [2.45, 2.75) is 46.6 Å². The lowest BCUT2D eigenvalue weighted by Gasteiger charge is -2.26. The van der Waals surface area contributed by atoms with Gasteiger partial charge in [-0.2, -0.15) is 0 Å². The monoisotopic (exact) mass is 317 g/mol. The molecule has 1 nitrogen and oxygen atoms in total. The van der Waals surface area contributed by atoms with E-state index in [0.29, 0.717) is 11.8 Å². The Morgan fingerprint density at radius 1 is 1.29 bits per heavy atom. The van der Waals surface area contributed by atoms with Crippen molar-refractivity contribution in [2.24, 2.45) is 11.8 Å². The summed E-state index contributed by atoms with van der Waals surface area (Å²) in [6, 6.07) is 2.14. The van der Waals surface area contributed by atoms with Crippen molar-refractivity contribution in [3.8, 4) is 0 Å². The van der Waals surface area contributed by atoms with Gasteiger partial charge in [-0.1, -0.05) is 13.8 Å². The standard InChI is InChI=1S/C14H24BrNS/c1-10(8-13-12(15)6-7-17-13)11(2)9-16-14(3,4)5/h6-7,10-11,16H,8-9H2,1-5H3. The van der Waals surface area contributed by atoms with Crippen LogP contribution >= 0.6 is 27.3 Å². The summed E-state index contributed by atoms with van der Waals surface area (Å²) in [7, 11) is 0. The molecule has 0 spiro atoms. The van der Waals surface area contributed by atoms with Crippen LogP contribution in [0.4, 0.5) is 0 Å². The van der Waals surface area contributed by atoms with E-state index in [1.165, 1.54) is 15.8 Å². The Labute approximate surface area is 118 Å². The first-order chi connectivity index (χ1) is 7.79. The molecule has 0 amide bonds. The zero-order valence-corrected chi connectivity index (χ0v) is 13.9. The molecule has 2 atom stereocenters. The molecular weight excluding hydrogens is 294 g/mol. The number of rotatable bonds is 5. The van der Waals surface area contributed by atoms with Crippen molar-refractivity contribution >= 4 is 27.3 Å². The molecular formula is C14H24BrNS. The molecule has 0 radical (unpaired) electrons. The van der Waals surface area contributed by atoms with Crippen LogP contribution in [-0.2, 0) is 6.42 Å². The minimum atomic E-state index is 0.220. The van der Waals surface area contributed by atoms with E-state index < -0.39 is 0 Å². The highest BCUT2D eigenvalue weighted by Crippen LogP contribution is 2.27. The highest BCUT2D eigenvalue weighted by Gasteiger charge is 2.17. The molecule has 17 heavy (non-hydrogen) atoms. The van der Waals surface area contributed by atoms with Crippen LogP contribution < -0.4 is 5.32 Å². The molecule has 98 valence electrons. The quantitative estimate of drug-likeness (QED) is 0.829. The molecule has 1 N–H and O–H groups in total. The summed E-state index contributed by atoms with van der Waals surface area (Å²) < 4.78 is 1.27. The number of thiophene rings is 1. The van der Waals surface area contributed by atoms with Crippen LogP contribution in [0.3, 0.4) is 0 Å². The van der Waals surface area contributed by atoms with Crippen molar-refractivity contribution in [1.29, 1.82) is 0 Å². The van der Waals surface area contributed by atoms with Crippen LogP contribution in [0.15, 0.2) is 15.9 Å². The van der Waals surface area contributed by atoms with E-state index in [0.717, 1.165) is 6.54 Å². The molecule has 1 heterocycles. The van der Waals surface area contributed by atoms with Gasteiger partial charge in [0.25, 0.3) is 0 Å². The van der Waals surface area contributed by atoms with Gasteiger partial charge in [-0.05, 0) is 72.9 Å². The Hall–Kier alpha value is 0.140. The van der Waals surface area contributed by atoms with Crippen LogP contribution in [-0.4, -0.2) is 12.1 Å². The van der Waals surface area contributed by atoms with Crippen molar-refractivity contribution in [3.05, 3.63) is 20.8 Å². The fourth-order valence-corrected chi connectivity index (χ4v) is 3.29. The predicted molar refractivity (Wildman–Crippen MR) is 81.8 cm³/mol. The van der Waals surface area contributed by atoms with Gasteiger partial charge in [0, 0.05) is 14.9 Å². The molecule has 0 bridgehead atoms. The fourth-order valence-electron chi connectivity index (χ4n) is 1.63. The summed E-state index contributed by atoms with van der Waals surface area (Å²) in [5, 5.41) is 5.75. The second-order valence-corrected chi connectivity index (χ2v) is 7.84. The molecule has 2 unspecified atom stereocenters. The Morgan fingerprint density at radius 3 is 2.41 bits per heavy atom. The molecule has 1 aromatic heterocycles. The zero-order valence-electron chi connectivity index (χ0n) is 11.5. The van der Waals surface area contributed by atoms with Crippen LogP contribution in [0.5, 0.6) is 0 Å². The molecule has 0 aliphatic heterocycles. The molecule has 0 aliphatic carbocycles. The van der Waals surface area contributed by atoms with Crippen molar-refractivity contribution in [2.75, 3.05) is 6.54 Å². The minimum absolute atomic E-state index is 0.220. The first-order valence-corrected chi connectivity index (χ1v) is 7.94. The number of halogens is 1. The first kappa shape index (κ1) is 15.2. The van der Waals surface area contributed by atoms with Crippen molar-refractivity contribution in [1.82, 2.24) is 5.32 Å². The van der Waals surface area contributed by atoms with Gasteiger partial charge >= 0.3 is 0 Å². The summed E-state index contributed by atoms with van der Waals surface area (Å²) in [5.41, 5.74) is 0.220. The Bertz CT molecular complexity index is 340. The number of hydrogen-bond donors (Lipinski definition) is 1. The van der Waals surface area contributed by atoms with Gasteiger partial charge < -0.3 is 5.32 Å². The lowest BCUT2D eigenvalue weighted by molar-refractivity contribution is 0.318. The maximum absolute atomic E-state index is 3.61. The molecule has 0 aromatic carbocycles. The van der Waals surface area contributed by atoms with Gasteiger partial charge in [-0.3, -0.25) is 0 Å².